The highest BCUT2D eigenvalue weighted by molar-refractivity contribution is 5.81. The van der Waals surface area contributed by atoms with Gasteiger partial charge in [-0.25, -0.2) is 13.2 Å². The topological polar surface area (TPSA) is 36.0 Å². The van der Waals surface area contributed by atoms with Crippen molar-refractivity contribution >= 4 is 11.6 Å². The molecule has 3 heterocycles. The molecular formula is C29H36F3N3O2. The Kier molecular flexibility index (Phi) is 7.50. The van der Waals surface area contributed by atoms with Crippen LogP contribution in [0, 0.1) is 23.4 Å². The van der Waals surface area contributed by atoms with Gasteiger partial charge in [0.2, 0.25) is 5.91 Å². The van der Waals surface area contributed by atoms with Gasteiger partial charge in [-0.15, -0.1) is 0 Å². The predicted molar refractivity (Wildman–Crippen MR) is 137 cm³/mol. The van der Waals surface area contributed by atoms with Crippen LogP contribution in [0.3, 0.4) is 0 Å². The Morgan fingerprint density at radius 1 is 0.892 bits per heavy atom. The number of halogens is 3. The summed E-state index contributed by atoms with van der Waals surface area (Å²) in [5, 5.41) is 0. The standard InChI is InChI=1S/C29H36F3N3O2/c1-18-14-34(15-19(2)35(18)23-7-4-21(30)5-8-23)29(36)27-17-33(24-10-11-37-20(3)12-24)16-26(27)25-9-6-22(31)13-28(25)32/h4-9,13,18-20,24,26-27H,10-12,14-17H2,1-3H3/t18-,19+,20-,24+,26+,27-/m0/s1. The second-order valence-electron chi connectivity index (χ2n) is 11.0. The van der Waals surface area contributed by atoms with Crippen molar-refractivity contribution in [3.05, 3.63) is 65.5 Å². The van der Waals surface area contributed by atoms with E-state index in [9.17, 15) is 18.0 Å². The summed E-state index contributed by atoms with van der Waals surface area (Å²) in [4.78, 5) is 20.5. The van der Waals surface area contributed by atoms with Gasteiger partial charge in [-0.05, 0) is 69.5 Å². The van der Waals surface area contributed by atoms with Gasteiger partial charge in [-0.1, -0.05) is 6.07 Å². The SMILES string of the molecule is C[C@@H]1CN(C(=O)[C@H]2CN([C@@H]3CCO[C@@H](C)C3)C[C@@H]2c2ccc(F)cc2F)C[C@H](C)N1c1ccc(F)cc1. The van der Waals surface area contributed by atoms with Gasteiger partial charge in [0.05, 0.1) is 12.0 Å². The third-order valence-corrected chi connectivity index (χ3v) is 8.36. The number of ether oxygens (including phenoxy) is 1. The van der Waals surface area contributed by atoms with E-state index in [1.54, 1.807) is 12.1 Å². The molecule has 0 saturated carbocycles. The average Bonchev–Trinajstić information content (AvgIpc) is 3.29. The molecule has 0 bridgehead atoms. The fraction of sp³-hybridized carbons (Fsp3) is 0.552. The minimum atomic E-state index is -0.614. The number of hydrogen-bond acceptors (Lipinski definition) is 4. The fourth-order valence-electron chi connectivity index (χ4n) is 6.67. The minimum Gasteiger partial charge on any atom is -0.378 e. The molecule has 3 saturated heterocycles. The molecule has 0 radical (unpaired) electrons. The van der Waals surface area contributed by atoms with Crippen LogP contribution < -0.4 is 4.90 Å². The van der Waals surface area contributed by atoms with Crippen molar-refractivity contribution in [3.8, 4) is 0 Å². The quantitative estimate of drug-likeness (QED) is 0.586. The number of amides is 1. The van der Waals surface area contributed by atoms with Crippen LogP contribution in [0.15, 0.2) is 42.5 Å². The molecule has 37 heavy (non-hydrogen) atoms. The van der Waals surface area contributed by atoms with Crippen molar-refractivity contribution < 1.29 is 22.7 Å². The lowest BCUT2D eigenvalue weighted by atomic mass is 9.87. The number of hydrogen-bond donors (Lipinski definition) is 0. The molecule has 0 aromatic heterocycles. The first-order chi connectivity index (χ1) is 17.7. The fourth-order valence-corrected chi connectivity index (χ4v) is 6.67. The Bertz CT molecular complexity index is 1100. The second-order valence-corrected chi connectivity index (χ2v) is 11.0. The second kappa shape index (κ2) is 10.7. The van der Waals surface area contributed by atoms with Crippen LogP contribution in [0.1, 0.15) is 45.1 Å². The highest BCUT2D eigenvalue weighted by atomic mass is 19.1. The Balaban J connectivity index is 1.37. The Morgan fingerprint density at radius 2 is 1.57 bits per heavy atom. The van der Waals surface area contributed by atoms with Crippen molar-refractivity contribution in [1.82, 2.24) is 9.80 Å². The highest BCUT2D eigenvalue weighted by Gasteiger charge is 2.45. The van der Waals surface area contributed by atoms with Crippen LogP contribution in [0.4, 0.5) is 18.9 Å². The van der Waals surface area contributed by atoms with Crippen LogP contribution >= 0.6 is 0 Å². The number of benzene rings is 2. The smallest absolute Gasteiger partial charge is 0.227 e. The van der Waals surface area contributed by atoms with Gasteiger partial charge in [0.1, 0.15) is 17.5 Å². The molecule has 0 spiro atoms. The van der Waals surface area contributed by atoms with E-state index in [2.05, 4.69) is 30.6 Å². The Morgan fingerprint density at radius 3 is 2.22 bits per heavy atom. The molecule has 5 rings (SSSR count). The summed E-state index contributed by atoms with van der Waals surface area (Å²) in [7, 11) is 0. The maximum absolute atomic E-state index is 15.0. The lowest BCUT2D eigenvalue weighted by molar-refractivity contribution is -0.137. The van der Waals surface area contributed by atoms with Gasteiger partial charge in [-0.2, -0.15) is 0 Å². The molecule has 200 valence electrons. The van der Waals surface area contributed by atoms with E-state index in [1.807, 2.05) is 4.90 Å². The third-order valence-electron chi connectivity index (χ3n) is 8.36. The molecule has 0 unspecified atom stereocenters. The molecule has 1 amide bonds. The number of carbonyl (C=O) groups is 1. The molecule has 2 aromatic rings. The predicted octanol–water partition coefficient (Wildman–Crippen LogP) is 4.81. The van der Waals surface area contributed by atoms with Crippen molar-refractivity contribution in [2.24, 2.45) is 5.92 Å². The Hall–Kier alpha value is -2.58. The summed E-state index contributed by atoms with van der Waals surface area (Å²) in [5.74, 6) is -2.21. The van der Waals surface area contributed by atoms with Crippen molar-refractivity contribution in [2.45, 2.75) is 63.8 Å². The average molecular weight is 516 g/mol. The number of carbonyl (C=O) groups excluding carboxylic acids is 1. The van der Waals surface area contributed by atoms with Crippen LogP contribution in [0.5, 0.6) is 0 Å². The van der Waals surface area contributed by atoms with E-state index in [0.717, 1.165) is 24.6 Å². The van der Waals surface area contributed by atoms with Gasteiger partial charge in [0.25, 0.3) is 0 Å². The summed E-state index contributed by atoms with van der Waals surface area (Å²) in [5.41, 5.74) is 1.34. The summed E-state index contributed by atoms with van der Waals surface area (Å²) < 4.78 is 47.9. The van der Waals surface area contributed by atoms with Crippen LogP contribution in [-0.2, 0) is 9.53 Å². The summed E-state index contributed by atoms with van der Waals surface area (Å²) in [6, 6.07) is 10.5. The largest absolute Gasteiger partial charge is 0.378 e. The Labute approximate surface area is 217 Å². The van der Waals surface area contributed by atoms with Gasteiger partial charge < -0.3 is 14.5 Å². The molecule has 6 atom stereocenters. The lowest BCUT2D eigenvalue weighted by Crippen LogP contribution is -2.59. The maximum atomic E-state index is 15.0. The van der Waals surface area contributed by atoms with Crippen molar-refractivity contribution in [3.63, 3.8) is 0 Å². The highest BCUT2D eigenvalue weighted by Crippen LogP contribution is 2.39. The van der Waals surface area contributed by atoms with Gasteiger partial charge in [-0.3, -0.25) is 9.69 Å². The van der Waals surface area contributed by atoms with Crippen LogP contribution in [0.25, 0.3) is 0 Å². The molecule has 2 aromatic carbocycles. The zero-order valence-electron chi connectivity index (χ0n) is 21.7. The molecule has 0 aliphatic carbocycles. The molecule has 5 nitrogen and oxygen atoms in total. The van der Waals surface area contributed by atoms with E-state index in [0.29, 0.717) is 38.3 Å². The van der Waals surface area contributed by atoms with Crippen molar-refractivity contribution in [1.29, 1.82) is 0 Å². The van der Waals surface area contributed by atoms with E-state index >= 15 is 0 Å². The van der Waals surface area contributed by atoms with Gasteiger partial charge in [0, 0.05) is 68.6 Å². The van der Waals surface area contributed by atoms with E-state index in [4.69, 9.17) is 4.74 Å². The lowest BCUT2D eigenvalue weighted by Gasteiger charge is -2.46. The summed E-state index contributed by atoms with van der Waals surface area (Å²) in [6.07, 6.45) is 1.91. The van der Waals surface area contributed by atoms with Gasteiger partial charge >= 0.3 is 0 Å². The molecule has 3 aliphatic rings. The summed E-state index contributed by atoms with van der Waals surface area (Å²) in [6.45, 7) is 9.06. The molecule has 3 aliphatic heterocycles. The minimum absolute atomic E-state index is 0.0220. The van der Waals surface area contributed by atoms with E-state index < -0.39 is 17.6 Å². The number of nitrogens with zero attached hydrogens (tertiary/aromatic N) is 3. The molecule has 8 heteroatoms. The van der Waals surface area contributed by atoms with Crippen LogP contribution in [-0.4, -0.2) is 72.7 Å². The molecule has 3 fully saturated rings. The zero-order chi connectivity index (χ0) is 26.3. The zero-order valence-corrected chi connectivity index (χ0v) is 21.7. The van der Waals surface area contributed by atoms with E-state index in [1.165, 1.54) is 24.3 Å². The monoisotopic (exact) mass is 515 g/mol. The first kappa shape index (κ1) is 26.0. The molecular weight excluding hydrogens is 479 g/mol. The first-order valence-corrected chi connectivity index (χ1v) is 13.3. The van der Waals surface area contributed by atoms with Crippen molar-refractivity contribution in [2.75, 3.05) is 37.7 Å². The number of anilines is 1. The van der Waals surface area contributed by atoms with E-state index in [-0.39, 0.29) is 41.9 Å². The summed E-state index contributed by atoms with van der Waals surface area (Å²) >= 11 is 0. The van der Waals surface area contributed by atoms with Gasteiger partial charge in [0.15, 0.2) is 0 Å². The first-order valence-electron chi connectivity index (χ1n) is 13.3. The molecule has 0 N–H and O–H groups in total. The normalized spacial score (nSPS) is 31.1. The number of likely N-dealkylation sites (tertiary alicyclic amines) is 1. The number of rotatable bonds is 4. The maximum Gasteiger partial charge on any atom is 0.227 e. The number of piperazine rings is 1. The van der Waals surface area contributed by atoms with Crippen LogP contribution in [0.2, 0.25) is 0 Å². The third kappa shape index (κ3) is 5.36.